The third-order valence-corrected chi connectivity index (χ3v) is 5.69. The molecule has 0 spiro atoms. The van der Waals surface area contributed by atoms with Gasteiger partial charge in [-0.25, -0.2) is 0 Å². The van der Waals surface area contributed by atoms with Gasteiger partial charge in [-0.3, -0.25) is 9.59 Å². The molecule has 1 aliphatic carbocycles. The van der Waals surface area contributed by atoms with E-state index in [0.717, 1.165) is 57.1 Å². The van der Waals surface area contributed by atoms with Gasteiger partial charge in [-0.2, -0.15) is 0 Å². The molecule has 27 heavy (non-hydrogen) atoms. The van der Waals surface area contributed by atoms with E-state index in [1.54, 1.807) is 13.2 Å². The Morgan fingerprint density at radius 1 is 1.11 bits per heavy atom. The lowest BCUT2D eigenvalue weighted by Crippen LogP contribution is -2.36. The molecule has 0 saturated heterocycles. The van der Waals surface area contributed by atoms with Gasteiger partial charge < -0.3 is 15.4 Å². The number of carbonyl (C=O) groups is 2. The monoisotopic (exact) mass is 394 g/mol. The van der Waals surface area contributed by atoms with E-state index in [4.69, 9.17) is 16.3 Å². The predicted octanol–water partition coefficient (Wildman–Crippen LogP) is 4.71. The first-order valence-electron chi connectivity index (χ1n) is 9.89. The number of carbonyl (C=O) groups excluding carboxylic acids is 2. The van der Waals surface area contributed by atoms with Crippen LogP contribution in [0.1, 0.15) is 57.4 Å². The highest BCUT2D eigenvalue weighted by Crippen LogP contribution is 2.33. The number of nitrogens with one attached hydrogen (secondary N) is 2. The van der Waals surface area contributed by atoms with Crippen LogP contribution in [0.2, 0.25) is 5.02 Å². The van der Waals surface area contributed by atoms with Crippen LogP contribution in [-0.2, 0) is 9.59 Å². The molecular weight excluding hydrogens is 364 g/mol. The molecule has 1 aliphatic rings. The third-order valence-electron chi connectivity index (χ3n) is 5.29. The van der Waals surface area contributed by atoms with Crippen LogP contribution in [0, 0.1) is 18.8 Å². The number of amides is 2. The number of methoxy groups -OCH3 is 1. The molecule has 2 N–H and O–H groups in total. The van der Waals surface area contributed by atoms with E-state index in [1.807, 2.05) is 13.0 Å². The Bertz CT molecular complexity index is 655. The summed E-state index contributed by atoms with van der Waals surface area (Å²) in [7, 11) is 1.56. The Labute approximate surface area is 167 Å². The average molecular weight is 395 g/mol. The second kappa shape index (κ2) is 10.5. The van der Waals surface area contributed by atoms with Gasteiger partial charge in [-0.1, -0.05) is 31.4 Å². The highest BCUT2D eigenvalue weighted by atomic mass is 35.5. The molecule has 0 radical (unpaired) electrons. The molecular formula is C21H31ClN2O3. The first-order valence-corrected chi connectivity index (χ1v) is 10.3. The minimum absolute atomic E-state index is 0.0168. The molecule has 2 amide bonds. The van der Waals surface area contributed by atoms with Crippen LogP contribution in [0.15, 0.2) is 12.1 Å². The topological polar surface area (TPSA) is 67.4 Å². The maximum absolute atomic E-state index is 12.7. The lowest BCUT2D eigenvalue weighted by atomic mass is 9.81. The minimum atomic E-state index is -0.0742. The lowest BCUT2D eigenvalue weighted by Gasteiger charge is -2.27. The lowest BCUT2D eigenvalue weighted by molar-refractivity contribution is -0.128. The fraction of sp³-hybridized carbons (Fsp3) is 0.619. The molecule has 150 valence electrons. The number of rotatable bonds is 8. The van der Waals surface area contributed by atoms with E-state index in [-0.39, 0.29) is 23.7 Å². The summed E-state index contributed by atoms with van der Waals surface area (Å²) in [6.45, 7) is 4.79. The number of unbranched alkanes of at least 4 members (excludes halogenated alkanes) is 2. The molecule has 2 rings (SSSR count). The van der Waals surface area contributed by atoms with Crippen LogP contribution < -0.4 is 15.4 Å². The van der Waals surface area contributed by atoms with Gasteiger partial charge in [0, 0.05) is 29.5 Å². The first-order chi connectivity index (χ1) is 13.0. The van der Waals surface area contributed by atoms with Gasteiger partial charge in [0.05, 0.1) is 12.8 Å². The van der Waals surface area contributed by atoms with Crippen molar-refractivity contribution < 1.29 is 14.3 Å². The van der Waals surface area contributed by atoms with Gasteiger partial charge in [-0.15, -0.1) is 0 Å². The number of hydrogen-bond acceptors (Lipinski definition) is 3. The van der Waals surface area contributed by atoms with E-state index in [2.05, 4.69) is 17.6 Å². The first kappa shape index (κ1) is 21.5. The molecule has 1 aromatic carbocycles. The Morgan fingerprint density at radius 2 is 1.74 bits per heavy atom. The van der Waals surface area contributed by atoms with Crippen LogP contribution >= 0.6 is 11.6 Å². The Hall–Kier alpha value is -1.75. The van der Waals surface area contributed by atoms with Crippen molar-refractivity contribution in [1.29, 1.82) is 0 Å². The van der Waals surface area contributed by atoms with E-state index < -0.39 is 0 Å². The van der Waals surface area contributed by atoms with Gasteiger partial charge in [-0.05, 0) is 50.7 Å². The van der Waals surface area contributed by atoms with E-state index in [9.17, 15) is 9.59 Å². The van der Waals surface area contributed by atoms with Crippen molar-refractivity contribution in [2.75, 3.05) is 19.0 Å². The molecule has 0 unspecified atom stereocenters. The van der Waals surface area contributed by atoms with E-state index >= 15 is 0 Å². The van der Waals surface area contributed by atoms with Gasteiger partial charge in [0.15, 0.2) is 0 Å². The highest BCUT2D eigenvalue weighted by molar-refractivity contribution is 6.31. The summed E-state index contributed by atoms with van der Waals surface area (Å²) in [6.07, 6.45) is 6.29. The summed E-state index contributed by atoms with van der Waals surface area (Å²) in [6, 6.07) is 3.54. The number of aryl methyl sites for hydroxylation is 1. The molecule has 0 aromatic heterocycles. The van der Waals surface area contributed by atoms with E-state index in [0.29, 0.717) is 16.5 Å². The average Bonchev–Trinajstić information content (AvgIpc) is 2.67. The Morgan fingerprint density at radius 3 is 2.33 bits per heavy atom. The smallest absolute Gasteiger partial charge is 0.227 e. The molecule has 0 aliphatic heterocycles. The molecule has 1 saturated carbocycles. The van der Waals surface area contributed by atoms with Crippen molar-refractivity contribution in [3.63, 3.8) is 0 Å². The predicted molar refractivity (Wildman–Crippen MR) is 109 cm³/mol. The van der Waals surface area contributed by atoms with Crippen LogP contribution in [0.4, 0.5) is 5.69 Å². The summed E-state index contributed by atoms with van der Waals surface area (Å²) in [5.41, 5.74) is 1.52. The Kier molecular flexibility index (Phi) is 8.42. The maximum atomic E-state index is 12.7. The van der Waals surface area contributed by atoms with Gasteiger partial charge in [0.2, 0.25) is 11.8 Å². The molecule has 5 nitrogen and oxygen atoms in total. The van der Waals surface area contributed by atoms with Crippen molar-refractivity contribution in [3.8, 4) is 5.75 Å². The van der Waals surface area contributed by atoms with Gasteiger partial charge >= 0.3 is 0 Å². The maximum Gasteiger partial charge on any atom is 0.227 e. The normalized spacial score (nSPS) is 19.4. The van der Waals surface area contributed by atoms with Crippen LogP contribution in [0.3, 0.4) is 0 Å². The zero-order valence-corrected chi connectivity index (χ0v) is 17.3. The van der Waals surface area contributed by atoms with Crippen LogP contribution in [0.25, 0.3) is 0 Å². The molecule has 0 bridgehead atoms. The number of anilines is 1. The van der Waals surface area contributed by atoms with Gasteiger partial charge in [0.25, 0.3) is 0 Å². The minimum Gasteiger partial charge on any atom is -0.495 e. The van der Waals surface area contributed by atoms with Crippen molar-refractivity contribution in [2.24, 2.45) is 11.8 Å². The zero-order chi connectivity index (χ0) is 19.8. The summed E-state index contributed by atoms with van der Waals surface area (Å²) in [5, 5.41) is 6.60. The SMILES string of the molecule is CCCCCNC(=O)C1CCC(C(=O)Nc2cc(C)c(Cl)cc2OC)CC1. The molecule has 0 atom stereocenters. The number of halogens is 1. The highest BCUT2D eigenvalue weighted by Gasteiger charge is 2.30. The molecule has 1 fully saturated rings. The summed E-state index contributed by atoms with van der Waals surface area (Å²) < 4.78 is 5.32. The zero-order valence-electron chi connectivity index (χ0n) is 16.6. The summed E-state index contributed by atoms with van der Waals surface area (Å²) in [4.78, 5) is 24.9. The quantitative estimate of drug-likeness (QED) is 0.627. The molecule has 0 heterocycles. The summed E-state index contributed by atoms with van der Waals surface area (Å²) in [5.74, 6) is 0.633. The molecule has 6 heteroatoms. The van der Waals surface area contributed by atoms with Crippen molar-refractivity contribution in [3.05, 3.63) is 22.7 Å². The summed E-state index contributed by atoms with van der Waals surface area (Å²) >= 11 is 6.12. The second-order valence-corrected chi connectivity index (χ2v) is 7.74. The standard InChI is InChI=1S/C21H31ClN2O3/c1-4-5-6-11-23-20(25)15-7-9-16(10-8-15)21(26)24-18-12-14(2)17(22)13-19(18)27-3/h12-13,15-16H,4-11H2,1-3H3,(H,23,25)(H,24,26). The van der Waals surface area contributed by atoms with E-state index in [1.165, 1.54) is 0 Å². The van der Waals surface area contributed by atoms with Gasteiger partial charge in [0.1, 0.15) is 5.75 Å². The number of hydrogen-bond donors (Lipinski definition) is 2. The number of benzene rings is 1. The third kappa shape index (κ3) is 6.13. The van der Waals surface area contributed by atoms with Crippen LogP contribution in [-0.4, -0.2) is 25.5 Å². The van der Waals surface area contributed by atoms with Crippen molar-refractivity contribution in [2.45, 2.75) is 58.8 Å². The van der Waals surface area contributed by atoms with Crippen LogP contribution in [0.5, 0.6) is 5.75 Å². The second-order valence-electron chi connectivity index (χ2n) is 7.34. The van der Waals surface area contributed by atoms with Crippen molar-refractivity contribution >= 4 is 29.1 Å². The fourth-order valence-corrected chi connectivity index (χ4v) is 3.67. The largest absolute Gasteiger partial charge is 0.495 e. The Balaban J connectivity index is 1.85. The number of ether oxygens (including phenoxy) is 1. The fourth-order valence-electron chi connectivity index (χ4n) is 3.51. The van der Waals surface area contributed by atoms with Crippen molar-refractivity contribution in [1.82, 2.24) is 5.32 Å². The molecule has 1 aromatic rings.